The summed E-state index contributed by atoms with van der Waals surface area (Å²) in [6, 6.07) is 7.78. The molecule has 1 aromatic carbocycles. The molecule has 0 bridgehead atoms. The first-order chi connectivity index (χ1) is 8.49. The number of halogens is 1. The van der Waals surface area contributed by atoms with Crippen LogP contribution in [0.3, 0.4) is 0 Å². The Kier molecular flexibility index (Phi) is 3.85. The number of imide groups is 1. The molecule has 4 heteroatoms. The van der Waals surface area contributed by atoms with E-state index in [9.17, 15) is 9.59 Å². The molecule has 0 aliphatic carbocycles. The molecule has 1 aromatic rings. The molecule has 1 aliphatic rings. The maximum Gasteiger partial charge on any atom is 0.230 e. The van der Waals surface area contributed by atoms with Crippen molar-refractivity contribution < 1.29 is 9.59 Å². The second-order valence-electron chi connectivity index (χ2n) is 4.91. The molecule has 1 fully saturated rings. The maximum atomic E-state index is 12.0. The molecular weight excluding hydrogens is 294 g/mol. The van der Waals surface area contributed by atoms with Gasteiger partial charge < -0.3 is 0 Å². The first-order valence-corrected chi connectivity index (χ1v) is 6.88. The Morgan fingerprint density at radius 1 is 1.22 bits per heavy atom. The largest absolute Gasteiger partial charge is 0.280 e. The summed E-state index contributed by atoms with van der Waals surface area (Å²) in [5.41, 5.74) is 1.05. The van der Waals surface area contributed by atoms with Gasteiger partial charge in [-0.1, -0.05) is 28.1 Å². The minimum Gasteiger partial charge on any atom is -0.280 e. The molecule has 96 valence electrons. The quantitative estimate of drug-likeness (QED) is 0.787. The molecule has 0 spiro atoms. The molecular formula is C14H16BrNO2. The van der Waals surface area contributed by atoms with Crippen molar-refractivity contribution in [2.24, 2.45) is 0 Å². The monoisotopic (exact) mass is 309 g/mol. The molecule has 0 saturated carbocycles. The van der Waals surface area contributed by atoms with Gasteiger partial charge in [0.1, 0.15) is 0 Å². The first-order valence-electron chi connectivity index (χ1n) is 6.09. The van der Waals surface area contributed by atoms with Crippen LogP contribution in [0.15, 0.2) is 28.7 Å². The summed E-state index contributed by atoms with van der Waals surface area (Å²) >= 11 is 3.41. The van der Waals surface area contributed by atoms with Crippen LogP contribution < -0.4 is 0 Å². The van der Waals surface area contributed by atoms with E-state index in [0.717, 1.165) is 10.0 Å². The van der Waals surface area contributed by atoms with Crippen molar-refractivity contribution in [3.05, 3.63) is 34.3 Å². The fraction of sp³-hybridized carbons (Fsp3) is 0.429. The number of carbonyl (C=O) groups excluding carboxylic acids is 2. The lowest BCUT2D eigenvalue weighted by molar-refractivity contribution is -0.150. The Hall–Kier alpha value is -1.16. The van der Waals surface area contributed by atoms with E-state index in [1.54, 1.807) is 0 Å². The van der Waals surface area contributed by atoms with Gasteiger partial charge in [0.15, 0.2) is 0 Å². The molecule has 0 unspecified atom stereocenters. The Balaban J connectivity index is 2.20. The highest BCUT2D eigenvalue weighted by Crippen LogP contribution is 2.31. The average Bonchev–Trinajstić information content (AvgIpc) is 2.27. The van der Waals surface area contributed by atoms with Gasteiger partial charge in [-0.15, -0.1) is 0 Å². The number of rotatable bonds is 2. The molecule has 0 atom stereocenters. The van der Waals surface area contributed by atoms with E-state index in [-0.39, 0.29) is 23.8 Å². The third-order valence-corrected chi connectivity index (χ3v) is 3.71. The Bertz CT molecular complexity index is 466. The summed E-state index contributed by atoms with van der Waals surface area (Å²) in [4.78, 5) is 25.4. The van der Waals surface area contributed by atoms with Crippen LogP contribution in [0.4, 0.5) is 0 Å². The molecule has 1 aliphatic heterocycles. The second-order valence-corrected chi connectivity index (χ2v) is 5.83. The maximum absolute atomic E-state index is 12.0. The summed E-state index contributed by atoms with van der Waals surface area (Å²) in [7, 11) is 0. The zero-order valence-corrected chi connectivity index (χ0v) is 12.1. The van der Waals surface area contributed by atoms with E-state index in [1.165, 1.54) is 4.90 Å². The van der Waals surface area contributed by atoms with Crippen LogP contribution in [-0.2, 0) is 9.59 Å². The van der Waals surface area contributed by atoms with Gasteiger partial charge in [0, 0.05) is 29.3 Å². The topological polar surface area (TPSA) is 37.4 Å². The van der Waals surface area contributed by atoms with E-state index in [4.69, 9.17) is 0 Å². The van der Waals surface area contributed by atoms with Crippen LogP contribution in [0, 0.1) is 0 Å². The standard InChI is InChI=1S/C14H16BrNO2/c1-9(2)16-13(17)7-11(8-14(16)18)10-4-3-5-12(15)6-10/h3-6,9,11H,7-8H2,1-2H3. The van der Waals surface area contributed by atoms with Crippen LogP contribution in [0.25, 0.3) is 0 Å². The van der Waals surface area contributed by atoms with Gasteiger partial charge in [0.2, 0.25) is 11.8 Å². The predicted octanol–water partition coefficient (Wildman–Crippen LogP) is 3.09. The molecule has 18 heavy (non-hydrogen) atoms. The molecule has 0 N–H and O–H groups in total. The smallest absolute Gasteiger partial charge is 0.230 e. The highest BCUT2D eigenvalue weighted by atomic mass is 79.9. The summed E-state index contributed by atoms with van der Waals surface area (Å²) in [5.74, 6) is -0.116. The van der Waals surface area contributed by atoms with Crippen molar-refractivity contribution in [2.75, 3.05) is 0 Å². The lowest BCUT2D eigenvalue weighted by Crippen LogP contribution is -2.46. The normalized spacial score (nSPS) is 17.7. The van der Waals surface area contributed by atoms with Gasteiger partial charge in [0.25, 0.3) is 0 Å². The number of carbonyl (C=O) groups is 2. The van der Waals surface area contributed by atoms with Crippen molar-refractivity contribution in [3.8, 4) is 0 Å². The van der Waals surface area contributed by atoms with Gasteiger partial charge in [-0.2, -0.15) is 0 Å². The Morgan fingerprint density at radius 3 is 2.33 bits per heavy atom. The van der Waals surface area contributed by atoms with Gasteiger partial charge in [0.05, 0.1) is 0 Å². The van der Waals surface area contributed by atoms with Crippen LogP contribution in [0.5, 0.6) is 0 Å². The molecule has 3 nitrogen and oxygen atoms in total. The van der Waals surface area contributed by atoms with Gasteiger partial charge in [-0.25, -0.2) is 0 Å². The van der Waals surface area contributed by atoms with E-state index >= 15 is 0 Å². The summed E-state index contributed by atoms with van der Waals surface area (Å²) < 4.78 is 0.978. The highest BCUT2D eigenvalue weighted by molar-refractivity contribution is 9.10. The van der Waals surface area contributed by atoms with Crippen molar-refractivity contribution in [2.45, 2.75) is 38.6 Å². The number of hydrogen-bond acceptors (Lipinski definition) is 2. The van der Waals surface area contributed by atoms with E-state index in [2.05, 4.69) is 15.9 Å². The van der Waals surface area contributed by atoms with Gasteiger partial charge in [-0.3, -0.25) is 14.5 Å². The third-order valence-electron chi connectivity index (χ3n) is 3.22. The van der Waals surface area contributed by atoms with E-state index in [0.29, 0.717) is 12.8 Å². The lowest BCUT2D eigenvalue weighted by atomic mass is 9.88. The zero-order chi connectivity index (χ0) is 13.3. The van der Waals surface area contributed by atoms with Gasteiger partial charge in [-0.05, 0) is 31.5 Å². The molecule has 1 heterocycles. The number of amides is 2. The SMILES string of the molecule is CC(C)N1C(=O)CC(c2cccc(Br)c2)CC1=O. The van der Waals surface area contributed by atoms with Crippen LogP contribution in [0.1, 0.15) is 38.2 Å². The summed E-state index contributed by atoms with van der Waals surface area (Å²) in [5, 5.41) is 0. The third kappa shape index (κ3) is 2.64. The molecule has 2 amide bonds. The second kappa shape index (κ2) is 5.22. The predicted molar refractivity (Wildman–Crippen MR) is 73.1 cm³/mol. The Morgan fingerprint density at radius 2 is 1.83 bits per heavy atom. The fourth-order valence-electron chi connectivity index (χ4n) is 2.40. The van der Waals surface area contributed by atoms with E-state index in [1.807, 2.05) is 38.1 Å². The number of benzene rings is 1. The van der Waals surface area contributed by atoms with Crippen LogP contribution in [-0.4, -0.2) is 22.8 Å². The fourth-order valence-corrected chi connectivity index (χ4v) is 2.82. The van der Waals surface area contributed by atoms with Crippen LogP contribution in [0.2, 0.25) is 0 Å². The minimum atomic E-state index is -0.0637. The Labute approximate surface area is 115 Å². The number of piperidine rings is 1. The number of hydrogen-bond donors (Lipinski definition) is 0. The van der Waals surface area contributed by atoms with Crippen molar-refractivity contribution in [1.29, 1.82) is 0 Å². The van der Waals surface area contributed by atoms with E-state index < -0.39 is 0 Å². The summed E-state index contributed by atoms with van der Waals surface area (Å²) in [6.45, 7) is 3.74. The van der Waals surface area contributed by atoms with Crippen molar-refractivity contribution in [3.63, 3.8) is 0 Å². The molecule has 0 radical (unpaired) electrons. The van der Waals surface area contributed by atoms with Crippen LogP contribution >= 0.6 is 15.9 Å². The van der Waals surface area contributed by atoms with Crippen molar-refractivity contribution >= 4 is 27.7 Å². The highest BCUT2D eigenvalue weighted by Gasteiger charge is 2.34. The zero-order valence-electron chi connectivity index (χ0n) is 10.5. The summed E-state index contributed by atoms with van der Waals surface area (Å²) in [6.07, 6.45) is 0.834. The minimum absolute atomic E-state index is 0.0116. The molecule has 0 aromatic heterocycles. The van der Waals surface area contributed by atoms with Gasteiger partial charge >= 0.3 is 0 Å². The number of nitrogens with zero attached hydrogens (tertiary/aromatic N) is 1. The molecule has 1 saturated heterocycles. The average molecular weight is 310 g/mol. The number of likely N-dealkylation sites (tertiary alicyclic amines) is 1. The first kappa shape index (κ1) is 13.3. The lowest BCUT2D eigenvalue weighted by Gasteiger charge is -2.32. The molecule has 2 rings (SSSR count). The van der Waals surface area contributed by atoms with Crippen molar-refractivity contribution in [1.82, 2.24) is 4.90 Å².